The van der Waals surface area contributed by atoms with Crippen molar-refractivity contribution in [3.05, 3.63) is 77.9 Å². The van der Waals surface area contributed by atoms with Crippen molar-refractivity contribution in [1.29, 1.82) is 0 Å². The Morgan fingerprint density at radius 2 is 1.55 bits per heavy atom. The van der Waals surface area contributed by atoms with Crippen molar-refractivity contribution in [3.8, 4) is 0 Å². The van der Waals surface area contributed by atoms with Gasteiger partial charge in [-0.1, -0.05) is 60.7 Å². The van der Waals surface area contributed by atoms with E-state index in [1.165, 1.54) is 22.4 Å². The maximum absolute atomic E-state index is 4.70. The summed E-state index contributed by atoms with van der Waals surface area (Å²) in [6.45, 7) is 1.04. The minimum Gasteiger partial charge on any atom is -0.285 e. The molecule has 2 nitrogen and oxygen atoms in total. The molecule has 2 heteroatoms. The molecule has 1 aliphatic carbocycles. The highest BCUT2D eigenvalue weighted by Crippen LogP contribution is 2.36. The van der Waals surface area contributed by atoms with Crippen LogP contribution < -0.4 is 0 Å². The fourth-order valence-corrected chi connectivity index (χ4v) is 2.63. The fourth-order valence-electron chi connectivity index (χ4n) is 2.63. The fraction of sp³-hybridized carbons (Fsp3) is 0.167. The van der Waals surface area contributed by atoms with Gasteiger partial charge in [0.1, 0.15) is 0 Å². The van der Waals surface area contributed by atoms with E-state index in [1.54, 1.807) is 0 Å². The van der Waals surface area contributed by atoms with E-state index in [1.807, 2.05) is 0 Å². The molecule has 1 heterocycles. The van der Waals surface area contributed by atoms with Gasteiger partial charge in [-0.05, 0) is 22.8 Å². The summed E-state index contributed by atoms with van der Waals surface area (Å²) in [4.78, 5) is 0. The Kier molecular flexibility index (Phi) is 2.66. The smallest absolute Gasteiger partial charge is 0.0913 e. The molecule has 4 rings (SSSR count). The summed E-state index contributed by atoms with van der Waals surface area (Å²) in [5.41, 5.74) is 5.27. The van der Waals surface area contributed by atoms with Crippen LogP contribution in [0.2, 0.25) is 0 Å². The molecule has 2 aliphatic rings. The summed E-state index contributed by atoms with van der Waals surface area (Å²) in [5.74, 6) is 0. The van der Waals surface area contributed by atoms with Crippen LogP contribution in [0.25, 0.3) is 5.57 Å². The molecule has 0 saturated carbocycles. The Balaban J connectivity index is 1.44. The van der Waals surface area contributed by atoms with Gasteiger partial charge in [-0.2, -0.15) is 5.10 Å². The average molecular weight is 260 g/mol. The third-order valence-electron chi connectivity index (χ3n) is 3.88. The van der Waals surface area contributed by atoms with E-state index in [-0.39, 0.29) is 0 Å². The van der Waals surface area contributed by atoms with Crippen molar-refractivity contribution in [1.82, 2.24) is 5.01 Å². The molecule has 1 atom stereocenters. The van der Waals surface area contributed by atoms with E-state index in [0.717, 1.165) is 13.0 Å². The predicted molar refractivity (Wildman–Crippen MR) is 82.4 cm³/mol. The molecular weight excluding hydrogens is 244 g/mol. The van der Waals surface area contributed by atoms with Crippen LogP contribution in [-0.2, 0) is 0 Å². The zero-order valence-electron chi connectivity index (χ0n) is 11.2. The summed E-state index contributed by atoms with van der Waals surface area (Å²) in [5, 5.41) is 6.87. The third kappa shape index (κ3) is 2.14. The summed E-state index contributed by atoms with van der Waals surface area (Å²) < 4.78 is 0. The molecule has 98 valence electrons. The van der Waals surface area contributed by atoms with Gasteiger partial charge in [0.15, 0.2) is 0 Å². The second-order valence-corrected chi connectivity index (χ2v) is 5.35. The first-order valence-corrected chi connectivity index (χ1v) is 7.05. The molecule has 0 spiro atoms. The minimum atomic E-state index is 0.484. The van der Waals surface area contributed by atoms with Gasteiger partial charge in [-0.15, -0.1) is 0 Å². The van der Waals surface area contributed by atoms with Crippen LogP contribution in [-0.4, -0.2) is 17.3 Å². The van der Waals surface area contributed by atoms with Crippen LogP contribution in [0.1, 0.15) is 23.6 Å². The number of nitrogens with zero attached hydrogens (tertiary/aromatic N) is 2. The number of hydrogen-bond donors (Lipinski definition) is 0. The lowest BCUT2D eigenvalue weighted by molar-refractivity contribution is 0.552. The van der Waals surface area contributed by atoms with Crippen LogP contribution in [0.5, 0.6) is 0 Å². The first-order valence-electron chi connectivity index (χ1n) is 7.05. The Morgan fingerprint density at radius 1 is 0.900 bits per heavy atom. The quantitative estimate of drug-likeness (QED) is 0.764. The highest BCUT2D eigenvalue weighted by Gasteiger charge is 2.35. The third-order valence-corrected chi connectivity index (χ3v) is 3.88. The second kappa shape index (κ2) is 4.64. The van der Waals surface area contributed by atoms with Gasteiger partial charge in [-0.3, -0.25) is 5.01 Å². The number of benzene rings is 2. The van der Waals surface area contributed by atoms with Crippen molar-refractivity contribution in [3.63, 3.8) is 0 Å². The van der Waals surface area contributed by atoms with Gasteiger partial charge in [0, 0.05) is 6.42 Å². The van der Waals surface area contributed by atoms with Crippen molar-refractivity contribution in [2.24, 2.45) is 5.10 Å². The highest BCUT2D eigenvalue weighted by atomic mass is 15.6. The maximum Gasteiger partial charge on any atom is 0.0913 e. The average Bonchev–Trinajstić information content (AvgIpc) is 3.24. The lowest BCUT2D eigenvalue weighted by Gasteiger charge is -2.17. The monoisotopic (exact) mass is 260 g/mol. The molecule has 1 unspecified atom stereocenters. The lowest BCUT2D eigenvalue weighted by atomic mass is 9.90. The van der Waals surface area contributed by atoms with Gasteiger partial charge in [-0.25, -0.2) is 0 Å². The molecule has 1 aliphatic heterocycles. The molecule has 20 heavy (non-hydrogen) atoms. The van der Waals surface area contributed by atoms with Crippen molar-refractivity contribution >= 4 is 11.3 Å². The van der Waals surface area contributed by atoms with Gasteiger partial charge in [0.05, 0.1) is 18.3 Å². The van der Waals surface area contributed by atoms with E-state index < -0.39 is 0 Å². The van der Waals surface area contributed by atoms with Crippen LogP contribution >= 0.6 is 0 Å². The van der Waals surface area contributed by atoms with Crippen molar-refractivity contribution in [2.45, 2.75) is 12.5 Å². The molecule has 2 aromatic carbocycles. The van der Waals surface area contributed by atoms with E-state index >= 15 is 0 Å². The molecule has 1 saturated heterocycles. The summed E-state index contributed by atoms with van der Waals surface area (Å²) in [6.07, 6.45) is 3.19. The second-order valence-electron chi connectivity index (χ2n) is 5.35. The zero-order chi connectivity index (χ0) is 13.4. The lowest BCUT2D eigenvalue weighted by Crippen LogP contribution is -2.10. The molecule has 0 amide bonds. The van der Waals surface area contributed by atoms with Crippen molar-refractivity contribution < 1.29 is 0 Å². The van der Waals surface area contributed by atoms with Crippen LogP contribution in [0, 0.1) is 0 Å². The largest absolute Gasteiger partial charge is 0.285 e. The van der Waals surface area contributed by atoms with Gasteiger partial charge in [0.2, 0.25) is 0 Å². The van der Waals surface area contributed by atoms with Crippen LogP contribution in [0.3, 0.4) is 0 Å². The molecule has 0 aromatic heterocycles. The predicted octanol–water partition coefficient (Wildman–Crippen LogP) is 3.89. The van der Waals surface area contributed by atoms with E-state index in [2.05, 4.69) is 71.7 Å². The normalized spacial score (nSPS) is 22.4. The maximum atomic E-state index is 4.70. The molecule has 0 N–H and O–H groups in total. The highest BCUT2D eigenvalue weighted by molar-refractivity contribution is 6.14. The first kappa shape index (κ1) is 11.5. The zero-order valence-corrected chi connectivity index (χ0v) is 11.2. The van der Waals surface area contributed by atoms with E-state index in [4.69, 9.17) is 5.10 Å². The Bertz CT molecular complexity index is 671. The van der Waals surface area contributed by atoms with E-state index in [9.17, 15) is 0 Å². The number of allylic oxidation sites excluding steroid dienone is 2. The molecule has 1 fully saturated rings. The molecule has 2 aromatic rings. The van der Waals surface area contributed by atoms with Gasteiger partial charge in [0.25, 0.3) is 0 Å². The van der Waals surface area contributed by atoms with Crippen LogP contribution in [0.4, 0.5) is 0 Å². The standard InChI is InChI=1S/C18H16N2/c1-3-7-14(8-4-1)16-11-17(12-16)19-20-13-18(20)15-9-5-2-6-10-15/h1-11,18H,12-13H2/b19-17+. The molecule has 0 radical (unpaired) electrons. The number of hydrogen-bond acceptors (Lipinski definition) is 2. The van der Waals surface area contributed by atoms with Gasteiger partial charge >= 0.3 is 0 Å². The molecular formula is C18H16N2. The SMILES string of the molecule is C1=C(c2ccccc2)C/C1=N/N1CC1c1ccccc1. The Morgan fingerprint density at radius 3 is 2.25 bits per heavy atom. The van der Waals surface area contributed by atoms with E-state index in [0.29, 0.717) is 6.04 Å². The summed E-state index contributed by atoms with van der Waals surface area (Å²) >= 11 is 0. The topological polar surface area (TPSA) is 15.4 Å². The van der Waals surface area contributed by atoms with Crippen molar-refractivity contribution in [2.75, 3.05) is 6.54 Å². The Labute approximate surface area is 119 Å². The molecule has 0 bridgehead atoms. The number of rotatable bonds is 3. The number of hydrazone groups is 1. The minimum absolute atomic E-state index is 0.484. The summed E-state index contributed by atoms with van der Waals surface area (Å²) in [6, 6.07) is 21.6. The first-order chi connectivity index (χ1) is 9.90. The summed E-state index contributed by atoms with van der Waals surface area (Å²) in [7, 11) is 0. The van der Waals surface area contributed by atoms with Crippen LogP contribution in [0.15, 0.2) is 71.8 Å². The Hall–Kier alpha value is -2.35. The van der Waals surface area contributed by atoms with Gasteiger partial charge < -0.3 is 0 Å².